The van der Waals surface area contributed by atoms with Crippen LogP contribution < -0.4 is 19.1 Å². The number of sulfonamides is 1. The first-order valence-electron chi connectivity index (χ1n) is 23.0. The number of aromatic amines is 1. The highest BCUT2D eigenvalue weighted by atomic mass is 35.5. The van der Waals surface area contributed by atoms with E-state index in [1.165, 1.54) is 35.0 Å². The lowest BCUT2D eigenvalue weighted by atomic mass is 9.72. The van der Waals surface area contributed by atoms with Crippen molar-refractivity contribution in [3.8, 4) is 17.2 Å². The number of piperazine rings is 1. The number of hydrogen-bond donors (Lipinski definition) is 2. The summed E-state index contributed by atoms with van der Waals surface area (Å²) < 4.78 is 59.9. The molecule has 3 aliphatic heterocycles. The van der Waals surface area contributed by atoms with Gasteiger partial charge in [0.05, 0.1) is 33.7 Å². The predicted molar refractivity (Wildman–Crippen MR) is 261 cm³/mol. The van der Waals surface area contributed by atoms with E-state index in [9.17, 15) is 27.5 Å². The molecule has 354 valence electrons. The highest BCUT2D eigenvalue weighted by molar-refractivity contribution is 7.93. The average Bonchev–Trinajstić information content (AvgIpc) is 3.78. The van der Waals surface area contributed by atoms with E-state index in [0.717, 1.165) is 80.3 Å². The van der Waals surface area contributed by atoms with Crippen molar-refractivity contribution in [1.29, 1.82) is 0 Å². The van der Waals surface area contributed by atoms with Crippen LogP contribution in [0, 0.1) is 21.4 Å². The third-order valence-electron chi connectivity index (χ3n) is 13.5. The van der Waals surface area contributed by atoms with E-state index in [0.29, 0.717) is 49.0 Å². The number of halogens is 1. The first kappa shape index (κ1) is 46.6. The number of aromatic nitrogens is 2. The Balaban J connectivity index is 0.924. The summed E-state index contributed by atoms with van der Waals surface area (Å²) >= 11 is 6.25. The lowest BCUT2D eigenvalue weighted by Gasteiger charge is -2.39. The summed E-state index contributed by atoms with van der Waals surface area (Å²) in [5.41, 5.74) is 5.53. The molecule has 1 aliphatic carbocycles. The molecule has 67 heavy (non-hydrogen) atoms. The number of amides is 1. The van der Waals surface area contributed by atoms with Crippen molar-refractivity contribution in [3.05, 3.63) is 117 Å². The van der Waals surface area contributed by atoms with Crippen LogP contribution in [0.4, 0.5) is 11.4 Å². The Bertz CT molecular complexity index is 2960. The van der Waals surface area contributed by atoms with Gasteiger partial charge in [0.25, 0.3) is 21.6 Å². The number of fused-ring (bicyclic) bond motifs is 2. The van der Waals surface area contributed by atoms with Gasteiger partial charge in [0.2, 0.25) is 0 Å². The van der Waals surface area contributed by atoms with Gasteiger partial charge in [-0.1, -0.05) is 49.6 Å². The number of carbonyl (C=O) groups excluding carboxylic acids is 1. The molecule has 2 aromatic heterocycles. The maximum atomic E-state index is 14.1. The number of rotatable bonds is 13. The molecule has 18 heteroatoms. The molecule has 1 atom stereocenters. The Kier molecular flexibility index (Phi) is 13.4. The van der Waals surface area contributed by atoms with Crippen molar-refractivity contribution < 1.29 is 31.8 Å². The van der Waals surface area contributed by atoms with Crippen LogP contribution in [-0.4, -0.2) is 95.7 Å². The Morgan fingerprint density at radius 3 is 2.60 bits per heavy atom. The van der Waals surface area contributed by atoms with Crippen molar-refractivity contribution in [2.45, 2.75) is 70.1 Å². The summed E-state index contributed by atoms with van der Waals surface area (Å²) in [6.07, 6.45) is 10.1. The van der Waals surface area contributed by atoms with Gasteiger partial charge in [0.15, 0.2) is 0 Å². The molecule has 0 radical (unpaired) electrons. The highest BCUT2D eigenvalue weighted by Gasteiger charge is 2.33. The van der Waals surface area contributed by atoms with Gasteiger partial charge < -0.3 is 19.4 Å². The Labute approximate surface area is 396 Å². The topological polar surface area (TPSA) is 189 Å². The Hall–Kier alpha value is -5.49. The maximum Gasteiger partial charge on any atom is 0.277 e. The number of allylic oxidation sites excluding steroid dienone is 1. The third-order valence-corrected chi connectivity index (χ3v) is 17.6. The minimum atomic E-state index is -4.66. The van der Waals surface area contributed by atoms with Gasteiger partial charge in [-0.25, -0.2) is 26.7 Å². The number of carbonyl (C=O) groups is 1. The van der Waals surface area contributed by atoms with Crippen LogP contribution in [0.15, 0.2) is 94.0 Å². The van der Waals surface area contributed by atoms with Crippen molar-refractivity contribution in [2.75, 3.05) is 62.3 Å². The van der Waals surface area contributed by atoms with Gasteiger partial charge in [-0.05, 0) is 104 Å². The first-order chi connectivity index (χ1) is 32.1. The highest BCUT2D eigenvalue weighted by Crippen LogP contribution is 2.44. The number of pyridine rings is 1. The summed E-state index contributed by atoms with van der Waals surface area (Å²) in [6.45, 7) is 9.12. The lowest BCUT2D eigenvalue weighted by Crippen LogP contribution is -2.47. The minimum Gasteiger partial charge on any atom is -0.493 e. The van der Waals surface area contributed by atoms with Crippen molar-refractivity contribution in [3.63, 3.8) is 0 Å². The third kappa shape index (κ3) is 10.8. The van der Waals surface area contributed by atoms with Gasteiger partial charge in [-0.15, -0.1) is 0 Å². The van der Waals surface area contributed by atoms with Crippen LogP contribution in [-0.2, 0) is 26.2 Å². The second kappa shape index (κ2) is 19.2. The normalized spacial score (nSPS) is 19.6. The molecule has 2 N–H and O–H groups in total. The van der Waals surface area contributed by atoms with Gasteiger partial charge in [0, 0.05) is 101 Å². The van der Waals surface area contributed by atoms with Crippen molar-refractivity contribution in [1.82, 2.24) is 19.6 Å². The maximum absolute atomic E-state index is 14.1. The summed E-state index contributed by atoms with van der Waals surface area (Å²) in [7, 11) is -6.88. The SMILES string of the molecule is CC1(C)CCC(CN2CCN(c3ccc(C(=O)NS(=O)(=O)c4cc5c(c([N+](=O)[O-])c4)C[C@H](CCN=S4(=O)CCCCC4)CO5)c(Oc4cnc5[nH]ccc5c4)c3)CC2)=C(c2ccc(Cl)cc2)C1. The fraction of sp³-hybridized carbons (Fsp3) is 0.429. The summed E-state index contributed by atoms with van der Waals surface area (Å²) in [4.78, 5) is 37.5. The Morgan fingerprint density at radius 2 is 1.84 bits per heavy atom. The molecule has 2 fully saturated rings. The number of nitrogens with one attached hydrogen (secondary N) is 2. The van der Waals surface area contributed by atoms with Gasteiger partial charge in [0.1, 0.15) is 22.9 Å². The second-order valence-electron chi connectivity index (χ2n) is 18.9. The van der Waals surface area contributed by atoms with E-state index < -0.39 is 41.2 Å². The van der Waals surface area contributed by atoms with Crippen LogP contribution >= 0.6 is 11.6 Å². The van der Waals surface area contributed by atoms with E-state index in [4.69, 9.17) is 21.1 Å². The molecule has 0 unspecified atom stereocenters. The van der Waals surface area contributed by atoms with Gasteiger partial charge in [-0.2, -0.15) is 0 Å². The monoisotopic (exact) mass is 969 g/mol. The number of H-pyrrole nitrogens is 1. The zero-order valence-electron chi connectivity index (χ0n) is 37.8. The van der Waals surface area contributed by atoms with E-state index >= 15 is 0 Å². The molecule has 15 nitrogen and oxygen atoms in total. The first-order valence-corrected chi connectivity index (χ1v) is 26.7. The number of nitro groups is 1. The molecular formula is C49H56ClN7O8S2. The summed E-state index contributed by atoms with van der Waals surface area (Å²) in [5.74, 6) is 0.590. The van der Waals surface area contributed by atoms with Crippen molar-refractivity contribution in [2.24, 2.45) is 15.7 Å². The Morgan fingerprint density at radius 1 is 1.06 bits per heavy atom. The quantitative estimate of drug-likeness (QED) is 0.0845. The van der Waals surface area contributed by atoms with E-state index in [-0.39, 0.29) is 47.0 Å². The second-order valence-corrected chi connectivity index (χ2v) is 23.7. The molecule has 1 amide bonds. The molecular weight excluding hydrogens is 914 g/mol. The number of hydrogen-bond acceptors (Lipinski definition) is 12. The standard InChI is InChI=1S/C49H56ClN7O8S2/c1-49(2)15-12-36(43(29-49)34-6-8-37(50)9-7-34)31-55-18-20-56(21-19-55)38-10-11-41(46(26-38)65-39-25-35-14-16-51-47(35)52-30-39)48(58)54-67(62,63)40-27-44(57(59)60)42-24-33(32-64-45(42)28-40)13-17-53-66(61)22-4-3-5-23-66/h6-11,14,16,25-28,30,33H,3-5,12-13,15,17-24,29,31-32H2,1-2H3,(H,51,52)(H,54,58)/t33-/m0/s1. The van der Waals surface area contributed by atoms with Gasteiger partial charge in [-0.3, -0.25) is 19.8 Å². The number of benzene rings is 3. The smallest absolute Gasteiger partial charge is 0.277 e. The fourth-order valence-corrected chi connectivity index (χ4v) is 13.0. The van der Waals surface area contributed by atoms with Crippen LogP contribution in [0.1, 0.15) is 80.3 Å². The zero-order valence-corrected chi connectivity index (χ0v) is 40.2. The molecule has 5 aromatic rings. The number of ether oxygens (including phenoxy) is 2. The average molecular weight is 971 g/mol. The molecule has 0 spiro atoms. The number of nitrogens with zero attached hydrogens (tertiary/aromatic N) is 5. The number of nitro benzene ring substituents is 1. The van der Waals surface area contributed by atoms with Crippen LogP contribution in [0.3, 0.4) is 0 Å². The zero-order chi connectivity index (χ0) is 46.9. The summed E-state index contributed by atoms with van der Waals surface area (Å²) in [6, 6.07) is 19.0. The molecule has 4 aliphatic rings. The van der Waals surface area contributed by atoms with Crippen molar-refractivity contribution >= 4 is 65.2 Å². The number of anilines is 1. The van der Waals surface area contributed by atoms with E-state index in [1.54, 1.807) is 24.4 Å². The molecule has 2 saturated heterocycles. The molecule has 0 saturated carbocycles. The molecule has 9 rings (SSSR count). The van der Waals surface area contributed by atoms with E-state index in [1.807, 2.05) is 18.2 Å². The fourth-order valence-electron chi connectivity index (χ4n) is 9.68. The molecule has 3 aromatic carbocycles. The minimum absolute atomic E-state index is 0.0612. The molecule has 5 heterocycles. The molecule has 0 bridgehead atoms. The largest absolute Gasteiger partial charge is 0.493 e. The predicted octanol–water partition coefficient (Wildman–Crippen LogP) is 9.41. The summed E-state index contributed by atoms with van der Waals surface area (Å²) in [5, 5.41) is 13.9. The van der Waals surface area contributed by atoms with Crippen LogP contribution in [0.5, 0.6) is 17.2 Å². The van der Waals surface area contributed by atoms with E-state index in [2.05, 4.69) is 54.8 Å². The van der Waals surface area contributed by atoms with Crippen LogP contribution in [0.2, 0.25) is 5.02 Å². The lowest BCUT2D eigenvalue weighted by molar-refractivity contribution is -0.386. The van der Waals surface area contributed by atoms with Crippen LogP contribution in [0.25, 0.3) is 16.6 Å². The van der Waals surface area contributed by atoms with Gasteiger partial charge >= 0.3 is 0 Å².